The fourth-order valence-electron chi connectivity index (χ4n) is 4.00. The van der Waals surface area contributed by atoms with Gasteiger partial charge in [-0.15, -0.1) is 5.10 Å². The summed E-state index contributed by atoms with van der Waals surface area (Å²) < 4.78 is 5.54. The first-order chi connectivity index (χ1) is 12.6. The van der Waals surface area contributed by atoms with Crippen molar-refractivity contribution in [1.82, 2.24) is 10.2 Å². The van der Waals surface area contributed by atoms with Gasteiger partial charge in [-0.05, 0) is 19.4 Å². The number of nitriles is 1. The molecule has 0 radical (unpaired) electrons. The first-order valence-corrected chi connectivity index (χ1v) is 8.62. The minimum Gasteiger partial charge on any atom is -0.420 e. The van der Waals surface area contributed by atoms with Crippen LogP contribution in [0, 0.1) is 18.3 Å². The van der Waals surface area contributed by atoms with E-state index in [4.69, 9.17) is 10.5 Å². The lowest BCUT2D eigenvalue weighted by Crippen LogP contribution is -2.46. The predicted octanol–water partition coefficient (Wildman–Crippen LogP) is 2.24. The Morgan fingerprint density at radius 3 is 2.92 bits per heavy atom. The van der Waals surface area contributed by atoms with Gasteiger partial charge in [-0.2, -0.15) is 5.26 Å². The summed E-state index contributed by atoms with van der Waals surface area (Å²) in [6.45, 7) is 4.48. The molecular formula is C19H19N5O2. The third-order valence-corrected chi connectivity index (χ3v) is 5.13. The third kappa shape index (κ3) is 1.81. The van der Waals surface area contributed by atoms with Crippen LogP contribution in [-0.4, -0.2) is 22.6 Å². The molecule has 7 heteroatoms. The van der Waals surface area contributed by atoms with Gasteiger partial charge in [0.05, 0.1) is 5.56 Å². The number of rotatable bonds is 3. The molecule has 1 aromatic heterocycles. The Labute approximate surface area is 151 Å². The Balaban J connectivity index is 2.07. The number of aryl methyl sites for hydroxylation is 1. The second-order valence-corrected chi connectivity index (χ2v) is 6.56. The molecule has 1 aromatic carbocycles. The molecule has 1 atom stereocenters. The van der Waals surface area contributed by atoms with Crippen molar-refractivity contribution >= 4 is 11.6 Å². The highest BCUT2D eigenvalue weighted by Gasteiger charge is 2.60. The van der Waals surface area contributed by atoms with Crippen LogP contribution in [0.2, 0.25) is 0 Å². The number of hydrogen-bond donors (Lipinski definition) is 2. The highest BCUT2D eigenvalue weighted by Crippen LogP contribution is 2.55. The number of nitrogens with zero attached hydrogens (tertiary/aromatic N) is 3. The molecule has 132 valence electrons. The topological polar surface area (TPSA) is 108 Å². The average Bonchev–Trinajstić information content (AvgIpc) is 3.11. The number of hydrogen-bond acceptors (Lipinski definition) is 5. The van der Waals surface area contributed by atoms with E-state index in [1.54, 1.807) is 4.90 Å². The molecule has 0 saturated heterocycles. The number of unbranched alkanes of at least 4 members (excludes halogenated alkanes) is 1. The van der Waals surface area contributed by atoms with Crippen molar-refractivity contribution in [2.45, 2.75) is 32.1 Å². The van der Waals surface area contributed by atoms with E-state index in [1.807, 2.05) is 31.2 Å². The van der Waals surface area contributed by atoms with Crippen molar-refractivity contribution in [2.24, 2.45) is 5.73 Å². The summed E-state index contributed by atoms with van der Waals surface area (Å²) >= 11 is 0. The third-order valence-electron chi connectivity index (χ3n) is 5.13. The molecule has 0 aliphatic carbocycles. The Kier molecular flexibility index (Phi) is 3.51. The first-order valence-electron chi connectivity index (χ1n) is 8.62. The Morgan fingerprint density at radius 1 is 1.42 bits per heavy atom. The fourth-order valence-corrected chi connectivity index (χ4v) is 4.00. The molecule has 7 nitrogen and oxygen atoms in total. The molecular weight excluding hydrogens is 330 g/mol. The van der Waals surface area contributed by atoms with Crippen molar-refractivity contribution in [3.05, 3.63) is 52.5 Å². The molecule has 2 aliphatic heterocycles. The van der Waals surface area contributed by atoms with E-state index in [1.165, 1.54) is 0 Å². The maximum absolute atomic E-state index is 13.8. The number of para-hydroxylation sites is 1. The Morgan fingerprint density at radius 2 is 2.19 bits per heavy atom. The fraction of sp³-hybridized carbons (Fsp3) is 0.316. The van der Waals surface area contributed by atoms with Crippen molar-refractivity contribution in [3.8, 4) is 11.9 Å². The molecule has 4 rings (SSSR count). The summed E-state index contributed by atoms with van der Waals surface area (Å²) in [5.74, 6) is -0.00723. The Hall–Kier alpha value is -3.27. The molecule has 3 heterocycles. The van der Waals surface area contributed by atoms with E-state index in [-0.39, 0.29) is 23.2 Å². The van der Waals surface area contributed by atoms with Gasteiger partial charge in [0.15, 0.2) is 0 Å². The zero-order valence-electron chi connectivity index (χ0n) is 14.7. The van der Waals surface area contributed by atoms with Gasteiger partial charge in [-0.3, -0.25) is 9.89 Å². The van der Waals surface area contributed by atoms with Gasteiger partial charge in [0.1, 0.15) is 17.1 Å². The lowest BCUT2D eigenvalue weighted by atomic mass is 9.69. The zero-order valence-corrected chi connectivity index (χ0v) is 14.7. The number of ether oxygens (including phenoxy) is 1. The summed E-state index contributed by atoms with van der Waals surface area (Å²) in [6.07, 6.45) is 1.83. The smallest absolute Gasteiger partial charge is 0.247 e. The van der Waals surface area contributed by atoms with E-state index < -0.39 is 5.41 Å². The number of aromatic amines is 1. The number of H-pyrrole nitrogens is 1. The maximum Gasteiger partial charge on any atom is 0.247 e. The van der Waals surface area contributed by atoms with E-state index in [2.05, 4.69) is 23.2 Å². The molecule has 0 saturated carbocycles. The number of anilines is 1. The maximum atomic E-state index is 13.8. The lowest BCUT2D eigenvalue weighted by Gasteiger charge is -2.32. The second-order valence-electron chi connectivity index (χ2n) is 6.56. The minimum atomic E-state index is -1.31. The van der Waals surface area contributed by atoms with E-state index in [0.29, 0.717) is 17.8 Å². The van der Waals surface area contributed by atoms with E-state index >= 15 is 0 Å². The van der Waals surface area contributed by atoms with Gasteiger partial charge >= 0.3 is 0 Å². The van der Waals surface area contributed by atoms with Gasteiger partial charge in [0, 0.05) is 23.5 Å². The number of nitrogens with two attached hydrogens (primary N) is 1. The first kappa shape index (κ1) is 16.2. The van der Waals surface area contributed by atoms with Gasteiger partial charge in [0.2, 0.25) is 17.7 Å². The monoisotopic (exact) mass is 349 g/mol. The van der Waals surface area contributed by atoms with Gasteiger partial charge in [0.25, 0.3) is 0 Å². The van der Waals surface area contributed by atoms with E-state index in [0.717, 1.165) is 24.1 Å². The predicted molar refractivity (Wildman–Crippen MR) is 95.3 cm³/mol. The van der Waals surface area contributed by atoms with Crippen LogP contribution in [0.1, 0.15) is 36.6 Å². The van der Waals surface area contributed by atoms with Crippen molar-refractivity contribution in [1.29, 1.82) is 5.26 Å². The summed E-state index contributed by atoms with van der Waals surface area (Å²) in [7, 11) is 0. The Bertz CT molecular complexity index is 984. The number of fused-ring (bicyclic) bond motifs is 4. The van der Waals surface area contributed by atoms with Crippen LogP contribution in [0.25, 0.3) is 0 Å². The summed E-state index contributed by atoms with van der Waals surface area (Å²) in [6, 6.07) is 9.69. The quantitative estimate of drug-likeness (QED) is 0.883. The van der Waals surface area contributed by atoms with Crippen molar-refractivity contribution in [2.75, 3.05) is 11.4 Å². The number of carbonyl (C=O) groups excluding carboxylic acids is 1. The number of aromatic nitrogens is 2. The van der Waals surface area contributed by atoms with Gasteiger partial charge in [-0.1, -0.05) is 31.5 Å². The molecule has 3 N–H and O–H groups in total. The molecule has 2 aromatic rings. The summed E-state index contributed by atoms with van der Waals surface area (Å²) in [5, 5.41) is 16.9. The number of amides is 1. The summed E-state index contributed by atoms with van der Waals surface area (Å²) in [4.78, 5) is 15.5. The van der Waals surface area contributed by atoms with Crippen LogP contribution in [0.3, 0.4) is 0 Å². The zero-order chi connectivity index (χ0) is 18.5. The molecule has 1 unspecified atom stereocenters. The number of carbonyl (C=O) groups is 1. The highest BCUT2D eigenvalue weighted by atomic mass is 16.5. The molecule has 1 amide bonds. The average molecular weight is 349 g/mol. The molecule has 26 heavy (non-hydrogen) atoms. The van der Waals surface area contributed by atoms with Crippen LogP contribution in [0.4, 0.5) is 5.69 Å². The molecule has 2 aliphatic rings. The molecule has 0 fully saturated rings. The largest absolute Gasteiger partial charge is 0.420 e. The second kappa shape index (κ2) is 5.63. The van der Waals surface area contributed by atoms with Crippen LogP contribution >= 0.6 is 0 Å². The lowest BCUT2D eigenvalue weighted by molar-refractivity contribution is -0.121. The van der Waals surface area contributed by atoms with Crippen LogP contribution in [0.5, 0.6) is 5.88 Å². The van der Waals surface area contributed by atoms with E-state index in [9.17, 15) is 10.1 Å². The van der Waals surface area contributed by atoms with Crippen molar-refractivity contribution < 1.29 is 9.53 Å². The van der Waals surface area contributed by atoms with Gasteiger partial charge < -0.3 is 15.4 Å². The van der Waals surface area contributed by atoms with Crippen LogP contribution in [0.15, 0.2) is 35.7 Å². The standard InChI is InChI=1S/C19H19N5O2/c1-3-4-9-24-14-8-6-5-7-12(14)19(18(24)25)13(10-20)16(21)26-17-15(19)11(2)22-23-17/h5-8H,3-4,9,21H2,1-2H3,(H,22,23). The highest BCUT2D eigenvalue weighted by molar-refractivity contribution is 6.14. The molecule has 0 bridgehead atoms. The SMILES string of the molecule is CCCCN1C(=O)C2(C(C#N)=C(N)Oc3n[nH]c(C)c32)c2ccccc21. The number of nitrogens with one attached hydrogen (secondary N) is 1. The summed E-state index contributed by atoms with van der Waals surface area (Å²) in [5.41, 5.74) is 7.65. The molecule has 1 spiro atoms. The normalized spacial score (nSPS) is 20.8. The van der Waals surface area contributed by atoms with Gasteiger partial charge in [-0.25, -0.2) is 0 Å². The number of benzene rings is 1. The minimum absolute atomic E-state index is 0.0769. The van der Waals surface area contributed by atoms with Crippen molar-refractivity contribution in [3.63, 3.8) is 0 Å². The van der Waals surface area contributed by atoms with Crippen LogP contribution in [-0.2, 0) is 10.2 Å². The van der Waals surface area contributed by atoms with Crippen LogP contribution < -0.4 is 15.4 Å².